The lowest BCUT2D eigenvalue weighted by atomic mass is 9.99. The highest BCUT2D eigenvalue weighted by atomic mass is 19.4. The zero-order chi connectivity index (χ0) is 23.1. The van der Waals surface area contributed by atoms with Crippen LogP contribution in [0.3, 0.4) is 0 Å². The summed E-state index contributed by atoms with van der Waals surface area (Å²) in [6.07, 6.45) is 4.00. The molecule has 4 heterocycles. The standard InChI is InChI=1S/C18H26N4O3.C2HF3O2/c23-17(21-9-1-2-10-21)13-24-12-14-4-5-15-16(25-14)6-11-22(15)18-19-7-3-8-20-18;3-2(4,5)1(6)7/h3,7-8,14-16H,1-2,4-6,9-13H2;(H,6,7)/t14?,15-,16-;/m0./s1. The van der Waals surface area contributed by atoms with Crippen molar-refractivity contribution in [2.45, 2.75) is 56.5 Å². The predicted molar refractivity (Wildman–Crippen MR) is 106 cm³/mol. The number of carboxylic acids is 1. The van der Waals surface area contributed by atoms with E-state index in [2.05, 4.69) is 14.9 Å². The van der Waals surface area contributed by atoms with Crippen LogP contribution in [0, 0.1) is 0 Å². The van der Waals surface area contributed by atoms with Crippen LogP contribution < -0.4 is 4.90 Å². The van der Waals surface area contributed by atoms with Crippen molar-refractivity contribution in [2.24, 2.45) is 0 Å². The largest absolute Gasteiger partial charge is 0.490 e. The van der Waals surface area contributed by atoms with Crippen molar-refractivity contribution in [3.05, 3.63) is 18.5 Å². The molecule has 3 aliphatic heterocycles. The fraction of sp³-hybridized carbons (Fsp3) is 0.700. The summed E-state index contributed by atoms with van der Waals surface area (Å²) in [6, 6.07) is 2.19. The van der Waals surface area contributed by atoms with Crippen LogP contribution in [-0.4, -0.2) is 89.1 Å². The van der Waals surface area contributed by atoms with Gasteiger partial charge in [-0.2, -0.15) is 13.2 Å². The second-order valence-corrected chi connectivity index (χ2v) is 7.88. The van der Waals surface area contributed by atoms with Gasteiger partial charge in [-0.15, -0.1) is 0 Å². The first-order chi connectivity index (χ1) is 15.3. The van der Waals surface area contributed by atoms with Gasteiger partial charge in [0.15, 0.2) is 0 Å². The Bertz CT molecular complexity index is 761. The minimum atomic E-state index is -5.08. The average molecular weight is 460 g/mol. The van der Waals surface area contributed by atoms with Gasteiger partial charge in [-0.3, -0.25) is 4.79 Å². The summed E-state index contributed by atoms with van der Waals surface area (Å²) < 4.78 is 43.6. The van der Waals surface area contributed by atoms with Gasteiger partial charge in [-0.05, 0) is 38.2 Å². The molecular weight excluding hydrogens is 433 g/mol. The molecule has 0 spiro atoms. The highest BCUT2D eigenvalue weighted by Gasteiger charge is 2.41. The molecule has 1 aromatic heterocycles. The molecule has 3 aliphatic rings. The number of amides is 1. The van der Waals surface area contributed by atoms with Crippen molar-refractivity contribution in [2.75, 3.05) is 37.7 Å². The number of fused-ring (bicyclic) bond motifs is 1. The number of hydrogen-bond donors (Lipinski definition) is 1. The van der Waals surface area contributed by atoms with Gasteiger partial charge in [0.05, 0.1) is 24.9 Å². The van der Waals surface area contributed by atoms with E-state index < -0.39 is 12.1 Å². The highest BCUT2D eigenvalue weighted by Crippen LogP contribution is 2.33. The third kappa shape index (κ3) is 6.52. The smallest absolute Gasteiger partial charge is 0.475 e. The molecule has 1 aromatic rings. The lowest BCUT2D eigenvalue weighted by Gasteiger charge is -2.35. The number of rotatable bonds is 5. The van der Waals surface area contributed by atoms with E-state index in [-0.39, 0.29) is 24.7 Å². The molecule has 178 valence electrons. The molecule has 3 atom stereocenters. The van der Waals surface area contributed by atoms with Crippen LogP contribution >= 0.6 is 0 Å². The van der Waals surface area contributed by atoms with Crippen LogP contribution in [0.1, 0.15) is 32.1 Å². The lowest BCUT2D eigenvalue weighted by molar-refractivity contribution is -0.192. The van der Waals surface area contributed by atoms with E-state index in [1.807, 2.05) is 11.0 Å². The molecule has 0 bridgehead atoms. The van der Waals surface area contributed by atoms with Crippen LogP contribution in [0.4, 0.5) is 19.1 Å². The maximum absolute atomic E-state index is 12.0. The molecule has 3 saturated heterocycles. The van der Waals surface area contributed by atoms with Gasteiger partial charge in [0, 0.05) is 32.0 Å². The summed E-state index contributed by atoms with van der Waals surface area (Å²) in [5.41, 5.74) is 0. The Hall–Kier alpha value is -2.47. The van der Waals surface area contributed by atoms with Gasteiger partial charge in [-0.25, -0.2) is 14.8 Å². The number of carbonyl (C=O) groups is 2. The van der Waals surface area contributed by atoms with Crippen LogP contribution in [0.15, 0.2) is 18.5 Å². The molecule has 1 unspecified atom stereocenters. The molecule has 12 heteroatoms. The van der Waals surface area contributed by atoms with E-state index in [0.29, 0.717) is 12.6 Å². The van der Waals surface area contributed by atoms with E-state index in [4.69, 9.17) is 19.4 Å². The van der Waals surface area contributed by atoms with E-state index >= 15 is 0 Å². The second-order valence-electron chi connectivity index (χ2n) is 7.88. The summed E-state index contributed by atoms with van der Waals surface area (Å²) in [6.45, 7) is 3.37. The Kier molecular flexibility index (Phi) is 8.24. The summed E-state index contributed by atoms with van der Waals surface area (Å²) in [7, 11) is 0. The Labute approximate surface area is 183 Å². The van der Waals surface area contributed by atoms with Gasteiger partial charge in [-0.1, -0.05) is 0 Å². The zero-order valence-electron chi connectivity index (χ0n) is 17.5. The molecule has 4 rings (SSSR count). The predicted octanol–water partition coefficient (Wildman–Crippen LogP) is 1.88. The number of alkyl halides is 3. The molecule has 0 aliphatic carbocycles. The van der Waals surface area contributed by atoms with Crippen LogP contribution in [0.25, 0.3) is 0 Å². The number of halogens is 3. The molecular formula is C20H27F3N4O5. The second kappa shape index (κ2) is 10.9. The summed E-state index contributed by atoms with van der Waals surface area (Å²) in [5.74, 6) is -1.85. The number of hydrogen-bond acceptors (Lipinski definition) is 7. The van der Waals surface area contributed by atoms with Gasteiger partial charge >= 0.3 is 12.1 Å². The molecule has 0 aromatic carbocycles. The minimum absolute atomic E-state index is 0.0873. The molecule has 9 nitrogen and oxygen atoms in total. The number of aromatic nitrogens is 2. The zero-order valence-corrected chi connectivity index (χ0v) is 17.5. The van der Waals surface area contributed by atoms with Crippen molar-refractivity contribution in [3.8, 4) is 0 Å². The number of nitrogens with zero attached hydrogens (tertiary/aromatic N) is 4. The Morgan fingerprint density at radius 1 is 1.12 bits per heavy atom. The van der Waals surface area contributed by atoms with Crippen molar-refractivity contribution in [3.63, 3.8) is 0 Å². The minimum Gasteiger partial charge on any atom is -0.475 e. The van der Waals surface area contributed by atoms with Gasteiger partial charge < -0.3 is 24.4 Å². The molecule has 32 heavy (non-hydrogen) atoms. The first-order valence-electron chi connectivity index (χ1n) is 10.6. The monoisotopic (exact) mass is 460 g/mol. The normalized spacial score (nSPS) is 25.2. The number of ether oxygens (including phenoxy) is 2. The first kappa shape index (κ1) is 24.2. The molecule has 0 saturated carbocycles. The van der Waals surface area contributed by atoms with Gasteiger partial charge in [0.25, 0.3) is 0 Å². The van der Waals surface area contributed by atoms with E-state index in [1.165, 1.54) is 0 Å². The van der Waals surface area contributed by atoms with E-state index in [9.17, 15) is 18.0 Å². The number of anilines is 1. The number of carboxylic acid groups (broad SMARTS) is 1. The van der Waals surface area contributed by atoms with Crippen molar-refractivity contribution in [1.29, 1.82) is 0 Å². The van der Waals surface area contributed by atoms with Gasteiger partial charge in [0.1, 0.15) is 6.61 Å². The molecule has 0 radical (unpaired) electrons. The molecule has 1 amide bonds. The third-order valence-corrected chi connectivity index (χ3v) is 5.68. The Morgan fingerprint density at radius 2 is 1.78 bits per heavy atom. The molecule has 1 N–H and O–H groups in total. The van der Waals surface area contributed by atoms with Crippen LogP contribution in [0.5, 0.6) is 0 Å². The molecule has 3 fully saturated rings. The summed E-state index contributed by atoms with van der Waals surface area (Å²) in [4.78, 5) is 33.8. The Balaban J connectivity index is 0.000000360. The maximum atomic E-state index is 12.0. The fourth-order valence-corrected chi connectivity index (χ4v) is 4.14. The van der Waals surface area contributed by atoms with Crippen LogP contribution in [-0.2, 0) is 19.1 Å². The number of aliphatic carboxylic acids is 1. The SMILES string of the molecule is O=C(COCC1CC[C@H]2[C@H](CCN2c2ncccn2)O1)N1CCCC1.O=C(O)C(F)(F)F. The number of carbonyl (C=O) groups excluding carboxylic acids is 1. The summed E-state index contributed by atoms with van der Waals surface area (Å²) in [5, 5.41) is 7.12. The number of likely N-dealkylation sites (tertiary alicyclic amines) is 1. The van der Waals surface area contributed by atoms with E-state index in [0.717, 1.165) is 57.7 Å². The van der Waals surface area contributed by atoms with Crippen molar-refractivity contribution < 1.29 is 37.3 Å². The third-order valence-electron chi connectivity index (χ3n) is 5.68. The highest BCUT2D eigenvalue weighted by molar-refractivity contribution is 5.77. The van der Waals surface area contributed by atoms with Gasteiger partial charge in [0.2, 0.25) is 11.9 Å². The van der Waals surface area contributed by atoms with Crippen molar-refractivity contribution >= 4 is 17.8 Å². The average Bonchev–Trinajstić information content (AvgIpc) is 3.44. The lowest BCUT2D eigenvalue weighted by Crippen LogP contribution is -2.44. The fourth-order valence-electron chi connectivity index (χ4n) is 4.14. The first-order valence-corrected chi connectivity index (χ1v) is 10.6. The van der Waals surface area contributed by atoms with E-state index in [1.54, 1.807) is 12.4 Å². The topological polar surface area (TPSA) is 105 Å². The quantitative estimate of drug-likeness (QED) is 0.710. The van der Waals surface area contributed by atoms with Crippen LogP contribution in [0.2, 0.25) is 0 Å². The van der Waals surface area contributed by atoms with Crippen molar-refractivity contribution in [1.82, 2.24) is 14.9 Å². The Morgan fingerprint density at radius 3 is 2.41 bits per heavy atom. The summed E-state index contributed by atoms with van der Waals surface area (Å²) >= 11 is 0. The maximum Gasteiger partial charge on any atom is 0.490 e.